The van der Waals surface area contributed by atoms with Gasteiger partial charge in [0, 0.05) is 16.4 Å². The van der Waals surface area contributed by atoms with Crippen LogP contribution in [0.4, 0.5) is 5.69 Å². The van der Waals surface area contributed by atoms with Gasteiger partial charge in [-0.1, -0.05) is 51.8 Å². The van der Waals surface area contributed by atoms with Crippen LogP contribution in [0.1, 0.15) is 5.56 Å². The Morgan fingerprint density at radius 2 is 1.83 bits per heavy atom. The van der Waals surface area contributed by atoms with Crippen molar-refractivity contribution >= 4 is 33.0 Å². The molecule has 116 valence electrons. The molecule has 0 radical (unpaired) electrons. The third kappa shape index (κ3) is 3.71. The molecule has 0 N–H and O–H groups in total. The highest BCUT2D eigenvalue weighted by atomic mass is 79.9. The summed E-state index contributed by atoms with van der Waals surface area (Å²) in [5.74, 6) is 0. The Morgan fingerprint density at radius 1 is 1.13 bits per heavy atom. The van der Waals surface area contributed by atoms with E-state index in [1.165, 1.54) is 11.1 Å². The third-order valence-electron chi connectivity index (χ3n) is 3.51. The van der Waals surface area contributed by atoms with Crippen molar-refractivity contribution in [2.75, 3.05) is 0 Å². The van der Waals surface area contributed by atoms with E-state index in [9.17, 15) is 0 Å². The molecule has 0 atom stereocenters. The molecule has 0 unspecified atom stereocenters. The standard InChI is InChI=1S/C19H17BrN2S/c1-3-12-22-18(15-6-8-16(20)9-7-15)13-23-19(22)21-17-10-4-14(2)5-11-17/h3-11,13H,1,12H2,2H3. The zero-order valence-corrected chi connectivity index (χ0v) is 15.3. The molecule has 3 aromatic rings. The summed E-state index contributed by atoms with van der Waals surface area (Å²) in [4.78, 5) is 5.77. The van der Waals surface area contributed by atoms with Crippen molar-refractivity contribution in [2.24, 2.45) is 4.99 Å². The van der Waals surface area contributed by atoms with Gasteiger partial charge in [0.25, 0.3) is 0 Å². The maximum Gasteiger partial charge on any atom is 0.190 e. The maximum absolute atomic E-state index is 4.79. The summed E-state index contributed by atoms with van der Waals surface area (Å²) in [5, 5.41) is 2.15. The first-order valence-electron chi connectivity index (χ1n) is 7.34. The molecule has 0 spiro atoms. The lowest BCUT2D eigenvalue weighted by Gasteiger charge is -2.06. The summed E-state index contributed by atoms with van der Waals surface area (Å²) in [7, 11) is 0. The summed E-state index contributed by atoms with van der Waals surface area (Å²) in [6.07, 6.45) is 1.91. The van der Waals surface area contributed by atoms with Crippen LogP contribution in [0.5, 0.6) is 0 Å². The molecule has 0 saturated carbocycles. The SMILES string of the molecule is C=CCn1c(-c2ccc(Br)cc2)csc1=Nc1ccc(C)cc1. The van der Waals surface area contributed by atoms with Crippen molar-refractivity contribution < 1.29 is 0 Å². The summed E-state index contributed by atoms with van der Waals surface area (Å²) in [6.45, 7) is 6.70. The van der Waals surface area contributed by atoms with E-state index in [-0.39, 0.29) is 0 Å². The summed E-state index contributed by atoms with van der Waals surface area (Å²) >= 11 is 5.13. The van der Waals surface area contributed by atoms with Crippen LogP contribution in [0.2, 0.25) is 0 Å². The fourth-order valence-electron chi connectivity index (χ4n) is 2.31. The van der Waals surface area contributed by atoms with Gasteiger partial charge in [-0.15, -0.1) is 17.9 Å². The van der Waals surface area contributed by atoms with Gasteiger partial charge < -0.3 is 4.57 Å². The van der Waals surface area contributed by atoms with Crippen molar-refractivity contribution in [3.05, 3.63) is 81.4 Å². The van der Waals surface area contributed by atoms with E-state index >= 15 is 0 Å². The van der Waals surface area contributed by atoms with Crippen molar-refractivity contribution in [2.45, 2.75) is 13.5 Å². The average molecular weight is 385 g/mol. The van der Waals surface area contributed by atoms with E-state index < -0.39 is 0 Å². The number of thiazole rings is 1. The van der Waals surface area contributed by atoms with E-state index in [1.807, 2.05) is 18.2 Å². The molecule has 1 aromatic heterocycles. The Bertz CT molecular complexity index is 871. The number of aryl methyl sites for hydroxylation is 1. The molecule has 3 rings (SSSR count). The molecule has 0 aliphatic carbocycles. The van der Waals surface area contributed by atoms with Crippen LogP contribution in [0.15, 0.2) is 76.0 Å². The lowest BCUT2D eigenvalue weighted by Crippen LogP contribution is -2.14. The summed E-state index contributed by atoms with van der Waals surface area (Å²) < 4.78 is 3.28. The molecule has 0 bridgehead atoms. The Hall–Kier alpha value is -1.91. The van der Waals surface area contributed by atoms with Gasteiger partial charge in [0.1, 0.15) is 0 Å². The minimum Gasteiger partial charge on any atom is -0.313 e. The number of allylic oxidation sites excluding steroid dienone is 1. The maximum atomic E-state index is 4.79. The number of hydrogen-bond donors (Lipinski definition) is 0. The second kappa shape index (κ2) is 7.11. The van der Waals surface area contributed by atoms with Crippen LogP contribution in [-0.2, 0) is 6.54 Å². The molecule has 2 aromatic carbocycles. The van der Waals surface area contributed by atoms with Gasteiger partial charge in [-0.3, -0.25) is 0 Å². The van der Waals surface area contributed by atoms with E-state index in [0.29, 0.717) is 0 Å². The van der Waals surface area contributed by atoms with Crippen LogP contribution in [0, 0.1) is 6.92 Å². The predicted molar refractivity (Wildman–Crippen MR) is 102 cm³/mol. The van der Waals surface area contributed by atoms with Crippen molar-refractivity contribution in [3.63, 3.8) is 0 Å². The summed E-state index contributed by atoms with van der Waals surface area (Å²) in [5.41, 5.74) is 4.55. The zero-order chi connectivity index (χ0) is 16.2. The van der Waals surface area contributed by atoms with E-state index in [4.69, 9.17) is 4.99 Å². The fraction of sp³-hybridized carbons (Fsp3) is 0.105. The molecule has 0 fully saturated rings. The number of hydrogen-bond acceptors (Lipinski definition) is 2. The van der Waals surface area contributed by atoms with Crippen LogP contribution < -0.4 is 4.80 Å². The van der Waals surface area contributed by atoms with Gasteiger partial charge >= 0.3 is 0 Å². The first-order valence-corrected chi connectivity index (χ1v) is 9.01. The molecule has 0 amide bonds. The fourth-order valence-corrected chi connectivity index (χ4v) is 3.51. The van der Waals surface area contributed by atoms with Gasteiger partial charge in [-0.2, -0.15) is 0 Å². The smallest absolute Gasteiger partial charge is 0.190 e. The molecular weight excluding hydrogens is 368 g/mol. The number of rotatable bonds is 4. The second-order valence-corrected chi connectivity index (χ2v) is 7.01. The lowest BCUT2D eigenvalue weighted by molar-refractivity contribution is 0.800. The van der Waals surface area contributed by atoms with Gasteiger partial charge in [-0.05, 0) is 36.8 Å². The topological polar surface area (TPSA) is 17.3 Å². The van der Waals surface area contributed by atoms with Crippen LogP contribution >= 0.6 is 27.3 Å². The Labute approximate surface area is 148 Å². The minimum absolute atomic E-state index is 0.736. The van der Waals surface area contributed by atoms with E-state index in [2.05, 4.69) is 75.8 Å². The van der Waals surface area contributed by atoms with E-state index in [1.54, 1.807) is 11.3 Å². The van der Waals surface area contributed by atoms with Gasteiger partial charge in [-0.25, -0.2) is 4.99 Å². The van der Waals surface area contributed by atoms with Gasteiger partial charge in [0.2, 0.25) is 0 Å². The Morgan fingerprint density at radius 3 is 2.48 bits per heavy atom. The second-order valence-electron chi connectivity index (χ2n) is 5.26. The van der Waals surface area contributed by atoms with Crippen LogP contribution in [0.3, 0.4) is 0 Å². The first kappa shape index (κ1) is 16.0. The molecule has 0 aliphatic heterocycles. The Balaban J connectivity index is 2.09. The number of aromatic nitrogens is 1. The molecule has 2 nitrogen and oxygen atoms in total. The number of halogens is 1. The molecule has 23 heavy (non-hydrogen) atoms. The highest BCUT2D eigenvalue weighted by molar-refractivity contribution is 9.10. The Kier molecular flexibility index (Phi) is 4.94. The number of benzene rings is 2. The number of nitrogens with zero attached hydrogens (tertiary/aromatic N) is 2. The molecule has 4 heteroatoms. The molecule has 1 heterocycles. The largest absolute Gasteiger partial charge is 0.313 e. The predicted octanol–water partition coefficient (Wildman–Crippen LogP) is 5.71. The highest BCUT2D eigenvalue weighted by Gasteiger charge is 2.07. The zero-order valence-electron chi connectivity index (χ0n) is 12.9. The highest BCUT2D eigenvalue weighted by Crippen LogP contribution is 2.23. The van der Waals surface area contributed by atoms with Gasteiger partial charge in [0.15, 0.2) is 4.80 Å². The minimum atomic E-state index is 0.736. The molecular formula is C19H17BrN2S. The summed E-state index contributed by atoms with van der Waals surface area (Å²) in [6, 6.07) is 16.6. The van der Waals surface area contributed by atoms with Crippen molar-refractivity contribution in [1.82, 2.24) is 4.57 Å². The van der Waals surface area contributed by atoms with Crippen LogP contribution in [0.25, 0.3) is 11.3 Å². The van der Waals surface area contributed by atoms with E-state index in [0.717, 1.165) is 27.2 Å². The lowest BCUT2D eigenvalue weighted by atomic mass is 10.2. The molecule has 0 saturated heterocycles. The van der Waals surface area contributed by atoms with Gasteiger partial charge in [0.05, 0.1) is 11.4 Å². The quantitative estimate of drug-likeness (QED) is 0.512. The first-order chi connectivity index (χ1) is 11.2. The average Bonchev–Trinajstić information content (AvgIpc) is 2.94. The van der Waals surface area contributed by atoms with Crippen molar-refractivity contribution in [1.29, 1.82) is 0 Å². The molecule has 0 aliphatic rings. The normalized spacial score (nSPS) is 11.7. The van der Waals surface area contributed by atoms with Crippen molar-refractivity contribution in [3.8, 4) is 11.3 Å². The third-order valence-corrected chi connectivity index (χ3v) is 4.90. The van der Waals surface area contributed by atoms with Crippen LogP contribution in [-0.4, -0.2) is 4.57 Å². The monoisotopic (exact) mass is 384 g/mol.